The van der Waals surface area contributed by atoms with Crippen LogP contribution in [0.5, 0.6) is 0 Å². The number of nitrogens with zero attached hydrogens (tertiary/aromatic N) is 1. The van der Waals surface area contributed by atoms with Gasteiger partial charge in [0.25, 0.3) is 11.5 Å². The van der Waals surface area contributed by atoms with Gasteiger partial charge in [0.05, 0.1) is 0 Å². The number of anilines is 1. The van der Waals surface area contributed by atoms with E-state index in [1.54, 1.807) is 11.8 Å². The quantitative estimate of drug-likeness (QED) is 0.838. The smallest absolute Gasteiger partial charge is 0.276 e. The van der Waals surface area contributed by atoms with Gasteiger partial charge in [-0.15, -0.1) is 11.8 Å². The summed E-state index contributed by atoms with van der Waals surface area (Å²) in [6.07, 6.45) is 0. The van der Waals surface area contributed by atoms with E-state index in [4.69, 9.17) is 0 Å². The van der Waals surface area contributed by atoms with Gasteiger partial charge >= 0.3 is 0 Å². The van der Waals surface area contributed by atoms with Crippen molar-refractivity contribution in [3.05, 3.63) is 52.4 Å². The molecule has 2 aromatic rings. The lowest BCUT2D eigenvalue weighted by molar-refractivity contribution is 0.102. The highest BCUT2D eigenvalue weighted by Crippen LogP contribution is 2.19. The topological polar surface area (TPSA) is 74.8 Å². The highest BCUT2D eigenvalue weighted by molar-refractivity contribution is 7.99. The minimum atomic E-state index is -0.354. The standard InChI is InChI=1S/C13H13N3O2S/c1-2-19-10-5-3-9(4-6-10)14-13(18)11-7-8-12(17)16-15-11/h3-8H,2H2,1H3,(H,14,18)(H,16,17). The second kappa shape index (κ2) is 6.19. The SMILES string of the molecule is CCSc1ccc(NC(=O)c2ccc(=O)[nH]n2)cc1. The van der Waals surface area contributed by atoms with E-state index in [1.165, 1.54) is 12.1 Å². The number of carbonyl (C=O) groups is 1. The number of H-pyrrole nitrogens is 1. The summed E-state index contributed by atoms with van der Waals surface area (Å²) in [5.74, 6) is 0.652. The Kier molecular flexibility index (Phi) is 4.35. The Labute approximate surface area is 114 Å². The zero-order valence-corrected chi connectivity index (χ0v) is 11.2. The molecule has 19 heavy (non-hydrogen) atoms. The number of carbonyl (C=O) groups excluding carboxylic acids is 1. The van der Waals surface area contributed by atoms with Gasteiger partial charge in [-0.1, -0.05) is 6.92 Å². The maximum Gasteiger partial charge on any atom is 0.276 e. The van der Waals surface area contributed by atoms with Crippen LogP contribution in [0.2, 0.25) is 0 Å². The van der Waals surface area contributed by atoms with Gasteiger partial charge in [-0.2, -0.15) is 5.10 Å². The molecule has 1 aromatic carbocycles. The molecule has 0 aliphatic heterocycles. The van der Waals surface area contributed by atoms with E-state index in [0.717, 1.165) is 10.6 Å². The summed E-state index contributed by atoms with van der Waals surface area (Å²) < 4.78 is 0. The van der Waals surface area contributed by atoms with Crippen LogP contribution in [0.3, 0.4) is 0 Å². The Morgan fingerprint density at radius 3 is 2.58 bits per heavy atom. The lowest BCUT2D eigenvalue weighted by Crippen LogP contribution is -2.17. The highest BCUT2D eigenvalue weighted by atomic mass is 32.2. The van der Waals surface area contributed by atoms with Crippen LogP contribution in [0.1, 0.15) is 17.4 Å². The van der Waals surface area contributed by atoms with E-state index in [-0.39, 0.29) is 17.2 Å². The van der Waals surface area contributed by atoms with Crippen molar-refractivity contribution in [3.8, 4) is 0 Å². The third-order valence-electron chi connectivity index (χ3n) is 2.33. The van der Waals surface area contributed by atoms with Crippen molar-refractivity contribution >= 4 is 23.4 Å². The van der Waals surface area contributed by atoms with E-state index >= 15 is 0 Å². The molecule has 1 aromatic heterocycles. The maximum atomic E-state index is 11.8. The summed E-state index contributed by atoms with van der Waals surface area (Å²) in [6.45, 7) is 2.09. The van der Waals surface area contributed by atoms with Crippen molar-refractivity contribution in [3.63, 3.8) is 0 Å². The van der Waals surface area contributed by atoms with Crippen molar-refractivity contribution in [2.75, 3.05) is 11.1 Å². The minimum absolute atomic E-state index is 0.173. The lowest BCUT2D eigenvalue weighted by Gasteiger charge is -2.05. The Bertz CT molecular complexity index is 602. The molecule has 0 saturated heterocycles. The first-order valence-corrected chi connectivity index (χ1v) is 6.77. The van der Waals surface area contributed by atoms with E-state index in [2.05, 4.69) is 22.4 Å². The number of hydrogen-bond acceptors (Lipinski definition) is 4. The Morgan fingerprint density at radius 2 is 2.00 bits per heavy atom. The molecule has 0 spiro atoms. The van der Waals surface area contributed by atoms with Gasteiger partial charge < -0.3 is 5.32 Å². The van der Waals surface area contributed by atoms with Crippen LogP contribution in [0, 0.1) is 0 Å². The summed E-state index contributed by atoms with van der Waals surface area (Å²) in [5, 5.41) is 8.60. The van der Waals surface area contributed by atoms with Crippen molar-refractivity contribution in [1.82, 2.24) is 10.2 Å². The normalized spacial score (nSPS) is 10.2. The van der Waals surface area contributed by atoms with Gasteiger partial charge in [0.15, 0.2) is 0 Å². The van der Waals surface area contributed by atoms with Crippen LogP contribution in [0.15, 0.2) is 46.1 Å². The molecular weight excluding hydrogens is 262 g/mol. The van der Waals surface area contributed by atoms with Gasteiger partial charge in [-0.3, -0.25) is 9.59 Å². The van der Waals surface area contributed by atoms with E-state index in [1.807, 2.05) is 24.3 Å². The van der Waals surface area contributed by atoms with Crippen LogP contribution in [0.25, 0.3) is 0 Å². The third kappa shape index (κ3) is 3.69. The Balaban J connectivity index is 2.06. The first-order valence-electron chi connectivity index (χ1n) is 5.79. The Hall–Kier alpha value is -2.08. The number of thioether (sulfide) groups is 1. The molecule has 0 saturated carbocycles. The molecule has 2 N–H and O–H groups in total. The van der Waals surface area contributed by atoms with E-state index < -0.39 is 0 Å². The molecule has 6 heteroatoms. The number of nitrogens with one attached hydrogen (secondary N) is 2. The Morgan fingerprint density at radius 1 is 1.26 bits per heavy atom. The molecule has 0 unspecified atom stereocenters. The van der Waals surface area contributed by atoms with Crippen molar-refractivity contribution < 1.29 is 4.79 Å². The number of aromatic nitrogens is 2. The molecule has 0 aliphatic rings. The zero-order chi connectivity index (χ0) is 13.7. The summed E-state index contributed by atoms with van der Waals surface area (Å²) in [4.78, 5) is 23.8. The zero-order valence-electron chi connectivity index (χ0n) is 10.3. The maximum absolute atomic E-state index is 11.8. The van der Waals surface area contributed by atoms with Crippen LogP contribution in [0.4, 0.5) is 5.69 Å². The highest BCUT2D eigenvalue weighted by Gasteiger charge is 2.07. The number of amides is 1. The van der Waals surface area contributed by atoms with Crippen LogP contribution < -0.4 is 10.9 Å². The van der Waals surface area contributed by atoms with Crippen molar-refractivity contribution in [1.29, 1.82) is 0 Å². The molecular formula is C13H13N3O2S. The van der Waals surface area contributed by atoms with Gasteiger partial charge in [-0.25, -0.2) is 5.10 Å². The minimum Gasteiger partial charge on any atom is -0.321 e. The molecule has 5 nitrogen and oxygen atoms in total. The average molecular weight is 275 g/mol. The molecule has 98 valence electrons. The molecule has 0 aliphatic carbocycles. The second-order valence-corrected chi connectivity index (χ2v) is 5.06. The first-order chi connectivity index (χ1) is 9.19. The van der Waals surface area contributed by atoms with Gasteiger partial charge in [0.2, 0.25) is 0 Å². The van der Waals surface area contributed by atoms with Gasteiger partial charge in [0.1, 0.15) is 5.69 Å². The van der Waals surface area contributed by atoms with Crippen LogP contribution >= 0.6 is 11.8 Å². The molecule has 0 atom stereocenters. The van der Waals surface area contributed by atoms with E-state index in [9.17, 15) is 9.59 Å². The predicted octanol–water partition coefficient (Wildman–Crippen LogP) is 2.13. The number of benzene rings is 1. The molecule has 0 radical (unpaired) electrons. The molecule has 1 amide bonds. The number of aromatic amines is 1. The number of hydrogen-bond donors (Lipinski definition) is 2. The fourth-order valence-electron chi connectivity index (χ4n) is 1.47. The summed E-state index contributed by atoms with van der Waals surface area (Å²) in [7, 11) is 0. The first kappa shape index (κ1) is 13.4. The molecule has 0 bridgehead atoms. The van der Waals surface area contributed by atoms with E-state index in [0.29, 0.717) is 5.69 Å². The predicted molar refractivity (Wildman–Crippen MR) is 75.7 cm³/mol. The number of rotatable bonds is 4. The second-order valence-electron chi connectivity index (χ2n) is 3.72. The monoisotopic (exact) mass is 275 g/mol. The summed E-state index contributed by atoms with van der Waals surface area (Å²) in [6, 6.07) is 10.2. The third-order valence-corrected chi connectivity index (χ3v) is 3.23. The van der Waals surface area contributed by atoms with Crippen molar-refractivity contribution in [2.24, 2.45) is 0 Å². The van der Waals surface area contributed by atoms with Crippen LogP contribution in [-0.2, 0) is 0 Å². The van der Waals surface area contributed by atoms with Gasteiger partial charge in [0, 0.05) is 16.6 Å². The summed E-state index contributed by atoms with van der Waals surface area (Å²) in [5.41, 5.74) is 0.530. The summed E-state index contributed by atoms with van der Waals surface area (Å²) >= 11 is 1.74. The van der Waals surface area contributed by atoms with Gasteiger partial charge in [-0.05, 0) is 36.1 Å². The fourth-order valence-corrected chi connectivity index (χ4v) is 2.13. The largest absolute Gasteiger partial charge is 0.321 e. The lowest BCUT2D eigenvalue weighted by atomic mass is 10.3. The molecule has 0 fully saturated rings. The molecule has 1 heterocycles. The van der Waals surface area contributed by atoms with Crippen LogP contribution in [-0.4, -0.2) is 21.9 Å². The fraction of sp³-hybridized carbons (Fsp3) is 0.154. The molecule has 2 rings (SSSR count). The van der Waals surface area contributed by atoms with Crippen molar-refractivity contribution in [2.45, 2.75) is 11.8 Å². The average Bonchev–Trinajstić information content (AvgIpc) is 2.42.